The van der Waals surface area contributed by atoms with Gasteiger partial charge in [-0.25, -0.2) is 9.55 Å². The summed E-state index contributed by atoms with van der Waals surface area (Å²) in [7, 11) is 0. The molecular weight excluding hydrogens is 218 g/mol. The topological polar surface area (TPSA) is 88.5 Å². The number of halogens is 1. The molecule has 2 aromatic heterocycles. The average molecular weight is 227 g/mol. The molecule has 78 valence electrons. The van der Waals surface area contributed by atoms with Crippen molar-refractivity contribution in [2.45, 2.75) is 13.5 Å². The first-order valence-corrected chi connectivity index (χ1v) is 4.64. The van der Waals surface area contributed by atoms with Gasteiger partial charge in [0.15, 0.2) is 11.6 Å². The third-order valence-corrected chi connectivity index (χ3v) is 2.09. The number of nitrogen functional groups attached to an aromatic ring is 1. The Morgan fingerprint density at radius 1 is 1.67 bits per heavy atom. The first-order valence-electron chi connectivity index (χ1n) is 4.27. The quantitative estimate of drug-likeness (QED) is 0.560. The Morgan fingerprint density at radius 2 is 2.40 bits per heavy atom. The highest BCUT2D eigenvalue weighted by atomic mass is 35.5. The Morgan fingerprint density at radius 3 is 3.07 bits per heavy atom. The zero-order chi connectivity index (χ0) is 11.0. The maximum atomic E-state index is 11.0. The van der Waals surface area contributed by atoms with Crippen LogP contribution in [0, 0.1) is 0 Å². The van der Waals surface area contributed by atoms with Crippen molar-refractivity contribution in [1.29, 1.82) is 0 Å². The second kappa shape index (κ2) is 3.47. The lowest BCUT2D eigenvalue weighted by Gasteiger charge is -1.96. The Bertz CT molecular complexity index is 535. The van der Waals surface area contributed by atoms with Gasteiger partial charge in [-0.1, -0.05) is 0 Å². The van der Waals surface area contributed by atoms with E-state index in [2.05, 4.69) is 15.0 Å². The number of rotatable bonds is 2. The van der Waals surface area contributed by atoms with Gasteiger partial charge in [-0.3, -0.25) is 4.79 Å². The molecule has 7 heteroatoms. The number of aromatic amines is 1. The van der Waals surface area contributed by atoms with Crippen molar-refractivity contribution in [3.8, 4) is 0 Å². The largest absolute Gasteiger partial charge is 0.380 e. The lowest BCUT2D eigenvalue weighted by atomic mass is 10.4. The van der Waals surface area contributed by atoms with Crippen LogP contribution in [0.25, 0.3) is 11.2 Å². The highest BCUT2D eigenvalue weighted by Crippen LogP contribution is 2.13. The minimum absolute atomic E-state index is 0.0234. The summed E-state index contributed by atoms with van der Waals surface area (Å²) < 4.78 is 1.66. The van der Waals surface area contributed by atoms with Gasteiger partial charge < -0.3 is 5.73 Å². The molecule has 0 saturated carbocycles. The van der Waals surface area contributed by atoms with Crippen molar-refractivity contribution < 1.29 is 9.36 Å². The van der Waals surface area contributed by atoms with Gasteiger partial charge in [0.05, 0.1) is 0 Å². The fourth-order valence-electron chi connectivity index (χ4n) is 1.40. The van der Waals surface area contributed by atoms with E-state index in [0.717, 1.165) is 0 Å². The lowest BCUT2D eigenvalue weighted by Crippen LogP contribution is -2.36. The van der Waals surface area contributed by atoms with Crippen LogP contribution in [-0.4, -0.2) is 20.7 Å². The number of fused-ring (bicyclic) bond motifs is 1. The number of nitrogens with two attached hydrogens (primary N) is 1. The number of nitrogens with zero attached hydrogens (tertiary/aromatic N) is 3. The summed E-state index contributed by atoms with van der Waals surface area (Å²) in [4.78, 5) is 21.6. The third kappa shape index (κ3) is 1.75. The SMILES string of the molecule is CC(=O)C[n+]1c[nH]c2nc(Cl)nc(N)c21. The summed E-state index contributed by atoms with van der Waals surface area (Å²) in [6.45, 7) is 1.73. The maximum Gasteiger partial charge on any atom is 0.273 e. The van der Waals surface area contributed by atoms with E-state index < -0.39 is 0 Å². The summed E-state index contributed by atoms with van der Waals surface area (Å²) in [6, 6.07) is 0. The number of carbonyl (C=O) groups is 1. The zero-order valence-corrected chi connectivity index (χ0v) is 8.75. The molecule has 0 unspecified atom stereocenters. The lowest BCUT2D eigenvalue weighted by molar-refractivity contribution is -0.657. The fourth-order valence-corrected chi connectivity index (χ4v) is 1.57. The number of hydrogen-bond donors (Lipinski definition) is 2. The molecule has 0 bridgehead atoms. The van der Waals surface area contributed by atoms with Gasteiger partial charge in [0.2, 0.25) is 17.1 Å². The van der Waals surface area contributed by atoms with E-state index in [0.29, 0.717) is 11.2 Å². The van der Waals surface area contributed by atoms with Crippen molar-refractivity contribution >= 4 is 34.4 Å². The molecular formula is C8H9ClN5O+. The zero-order valence-electron chi connectivity index (χ0n) is 7.99. The van der Waals surface area contributed by atoms with E-state index in [1.54, 1.807) is 10.9 Å². The molecule has 2 rings (SSSR count). The van der Waals surface area contributed by atoms with Crippen molar-refractivity contribution in [3.63, 3.8) is 0 Å². The number of H-pyrrole nitrogens is 1. The van der Waals surface area contributed by atoms with Gasteiger partial charge >= 0.3 is 0 Å². The van der Waals surface area contributed by atoms with Gasteiger partial charge in [-0.05, 0) is 18.5 Å². The number of imidazole rings is 1. The number of carbonyl (C=O) groups excluding carboxylic acids is 1. The van der Waals surface area contributed by atoms with Crippen LogP contribution >= 0.6 is 11.6 Å². The van der Waals surface area contributed by atoms with E-state index in [1.165, 1.54) is 6.92 Å². The van der Waals surface area contributed by atoms with Gasteiger partial charge in [-0.2, -0.15) is 9.97 Å². The van der Waals surface area contributed by atoms with Crippen LogP contribution in [0.15, 0.2) is 6.33 Å². The second-order valence-corrected chi connectivity index (χ2v) is 3.52. The minimum atomic E-state index is 0.0234. The van der Waals surface area contributed by atoms with Gasteiger partial charge in [0.25, 0.3) is 5.65 Å². The predicted molar refractivity (Wildman–Crippen MR) is 54.2 cm³/mol. The number of anilines is 1. The molecule has 0 aromatic carbocycles. The maximum absolute atomic E-state index is 11.0. The highest BCUT2D eigenvalue weighted by molar-refractivity contribution is 6.28. The molecule has 0 aliphatic rings. The molecule has 0 amide bonds. The van der Waals surface area contributed by atoms with Crippen LogP contribution < -0.4 is 10.3 Å². The van der Waals surface area contributed by atoms with E-state index in [4.69, 9.17) is 17.3 Å². The standard InChI is InChI=1S/C8H8ClN5O/c1-4(15)2-14-3-11-7-5(14)6(10)12-8(9)13-7/h3H,2H2,1H3,(H2,10,12,13)/p+1. The molecule has 0 atom stereocenters. The molecule has 0 spiro atoms. The molecule has 15 heavy (non-hydrogen) atoms. The van der Waals surface area contributed by atoms with Crippen LogP contribution in [0.5, 0.6) is 0 Å². The summed E-state index contributed by atoms with van der Waals surface area (Å²) in [5.74, 6) is 0.280. The number of ketones is 1. The first kappa shape index (κ1) is 9.85. The van der Waals surface area contributed by atoms with Gasteiger partial charge in [0.1, 0.15) is 6.54 Å². The number of hydrogen-bond acceptors (Lipinski definition) is 4. The summed E-state index contributed by atoms with van der Waals surface area (Å²) in [5, 5.41) is 0.0804. The van der Waals surface area contributed by atoms with Crippen LogP contribution in [0.1, 0.15) is 6.92 Å². The third-order valence-electron chi connectivity index (χ3n) is 1.92. The van der Waals surface area contributed by atoms with E-state index in [-0.39, 0.29) is 23.4 Å². The summed E-state index contributed by atoms with van der Waals surface area (Å²) >= 11 is 5.64. The Kier molecular flexibility index (Phi) is 2.28. The molecule has 0 fully saturated rings. The van der Waals surface area contributed by atoms with Crippen LogP contribution in [-0.2, 0) is 11.3 Å². The van der Waals surface area contributed by atoms with Gasteiger partial charge in [0, 0.05) is 0 Å². The number of aromatic nitrogens is 4. The molecule has 6 nitrogen and oxygen atoms in total. The Balaban J connectivity index is 2.63. The Labute approximate surface area is 90.1 Å². The molecule has 2 aromatic rings. The molecule has 0 saturated heterocycles. The molecule has 0 radical (unpaired) electrons. The molecule has 0 aliphatic heterocycles. The van der Waals surface area contributed by atoms with Crippen LogP contribution in [0.3, 0.4) is 0 Å². The number of Topliss-reactive ketones (excluding diaryl/α,β-unsaturated/α-hetero) is 1. The van der Waals surface area contributed by atoms with Crippen LogP contribution in [0.4, 0.5) is 5.82 Å². The van der Waals surface area contributed by atoms with Crippen molar-refractivity contribution in [3.05, 3.63) is 11.6 Å². The van der Waals surface area contributed by atoms with Crippen molar-refractivity contribution in [2.75, 3.05) is 5.73 Å². The van der Waals surface area contributed by atoms with Crippen LogP contribution in [0.2, 0.25) is 5.28 Å². The fraction of sp³-hybridized carbons (Fsp3) is 0.250. The second-order valence-electron chi connectivity index (χ2n) is 3.18. The summed E-state index contributed by atoms with van der Waals surface area (Å²) in [6.07, 6.45) is 1.62. The first-order chi connectivity index (χ1) is 7.08. The van der Waals surface area contributed by atoms with Gasteiger partial charge in [-0.15, -0.1) is 0 Å². The van der Waals surface area contributed by atoms with Crippen molar-refractivity contribution in [1.82, 2.24) is 15.0 Å². The Hall–Kier alpha value is -1.69. The molecule has 0 aliphatic carbocycles. The van der Waals surface area contributed by atoms with Crippen molar-refractivity contribution in [2.24, 2.45) is 0 Å². The summed E-state index contributed by atoms with van der Waals surface area (Å²) in [5.41, 5.74) is 6.80. The number of nitrogens with one attached hydrogen (secondary N) is 1. The normalized spacial score (nSPS) is 10.8. The average Bonchev–Trinajstić information content (AvgIpc) is 2.46. The van der Waals surface area contributed by atoms with E-state index in [9.17, 15) is 4.79 Å². The predicted octanol–water partition coefficient (Wildman–Crippen LogP) is 0.0700. The molecule has 3 N–H and O–H groups in total. The molecule has 2 heterocycles. The highest BCUT2D eigenvalue weighted by Gasteiger charge is 2.17. The minimum Gasteiger partial charge on any atom is -0.380 e. The smallest absolute Gasteiger partial charge is 0.273 e. The monoisotopic (exact) mass is 226 g/mol. The van der Waals surface area contributed by atoms with E-state index >= 15 is 0 Å². The van der Waals surface area contributed by atoms with E-state index in [1.807, 2.05) is 0 Å².